The van der Waals surface area contributed by atoms with Crippen LogP contribution in [-0.4, -0.2) is 22.5 Å². The van der Waals surface area contributed by atoms with Crippen molar-refractivity contribution >= 4 is 30.0 Å². The standard InChI is InChI=1S/C8H6ClNO3/c1-10(13)7-4-5(8(11)12)2-3-6(7)9/h2-4H,1H2,(H,11,12). The number of carboxylic acid groups (broad SMARTS) is 1. The van der Waals surface area contributed by atoms with Crippen LogP contribution in [0.15, 0.2) is 18.2 Å². The lowest BCUT2D eigenvalue weighted by atomic mass is 10.2. The van der Waals surface area contributed by atoms with Crippen molar-refractivity contribution in [1.82, 2.24) is 0 Å². The van der Waals surface area contributed by atoms with Crippen LogP contribution in [0.4, 0.5) is 5.69 Å². The summed E-state index contributed by atoms with van der Waals surface area (Å²) in [6.45, 7) is 3.07. The molecule has 1 aromatic carbocycles. The molecule has 0 fully saturated rings. The van der Waals surface area contributed by atoms with Crippen molar-refractivity contribution in [1.29, 1.82) is 0 Å². The minimum absolute atomic E-state index is 0.00361. The smallest absolute Gasteiger partial charge is 0.335 e. The molecule has 68 valence electrons. The molecule has 0 radical (unpaired) electrons. The predicted molar refractivity (Wildman–Crippen MR) is 48.8 cm³/mol. The van der Waals surface area contributed by atoms with Crippen molar-refractivity contribution in [2.75, 3.05) is 0 Å². The molecule has 0 saturated heterocycles. The number of rotatable bonds is 2. The Morgan fingerprint density at radius 1 is 1.62 bits per heavy atom. The Labute approximate surface area is 79.3 Å². The molecule has 4 nitrogen and oxygen atoms in total. The van der Waals surface area contributed by atoms with Gasteiger partial charge in [-0.2, -0.15) is 4.74 Å². The van der Waals surface area contributed by atoms with Gasteiger partial charge in [0.2, 0.25) is 5.69 Å². The maximum Gasteiger partial charge on any atom is 0.335 e. The second-order valence-corrected chi connectivity index (χ2v) is 2.76. The van der Waals surface area contributed by atoms with E-state index in [2.05, 4.69) is 6.72 Å². The van der Waals surface area contributed by atoms with Crippen molar-refractivity contribution in [3.63, 3.8) is 0 Å². The van der Waals surface area contributed by atoms with E-state index in [4.69, 9.17) is 16.7 Å². The molecule has 0 saturated carbocycles. The minimum atomic E-state index is -1.11. The van der Waals surface area contributed by atoms with E-state index < -0.39 is 5.97 Å². The van der Waals surface area contributed by atoms with Crippen molar-refractivity contribution in [2.24, 2.45) is 0 Å². The van der Waals surface area contributed by atoms with E-state index in [1.54, 1.807) is 0 Å². The van der Waals surface area contributed by atoms with E-state index in [-0.39, 0.29) is 21.0 Å². The summed E-state index contributed by atoms with van der Waals surface area (Å²) < 4.78 is 0.273. The first-order valence-electron chi connectivity index (χ1n) is 3.33. The van der Waals surface area contributed by atoms with Gasteiger partial charge in [-0.05, 0) is 12.1 Å². The fourth-order valence-electron chi connectivity index (χ4n) is 0.837. The highest BCUT2D eigenvalue weighted by Gasteiger charge is 2.11. The van der Waals surface area contributed by atoms with E-state index in [0.29, 0.717) is 0 Å². The van der Waals surface area contributed by atoms with Gasteiger partial charge in [0.05, 0.1) is 5.56 Å². The van der Waals surface area contributed by atoms with Crippen molar-refractivity contribution in [3.05, 3.63) is 34.0 Å². The quantitative estimate of drug-likeness (QED) is 0.342. The van der Waals surface area contributed by atoms with Gasteiger partial charge in [0, 0.05) is 6.07 Å². The molecule has 0 spiro atoms. The van der Waals surface area contributed by atoms with Crippen LogP contribution in [0.3, 0.4) is 0 Å². The second-order valence-electron chi connectivity index (χ2n) is 2.35. The monoisotopic (exact) mass is 199 g/mol. The summed E-state index contributed by atoms with van der Waals surface area (Å²) in [6.07, 6.45) is 0. The Morgan fingerprint density at radius 2 is 2.23 bits per heavy atom. The summed E-state index contributed by atoms with van der Waals surface area (Å²) in [5, 5.41) is 19.5. The zero-order valence-electron chi connectivity index (χ0n) is 6.53. The highest BCUT2D eigenvalue weighted by molar-refractivity contribution is 6.32. The van der Waals surface area contributed by atoms with Crippen LogP contribution in [0.5, 0.6) is 0 Å². The summed E-state index contributed by atoms with van der Waals surface area (Å²) in [5.74, 6) is -1.11. The Kier molecular flexibility index (Phi) is 2.53. The Bertz CT molecular complexity index is 376. The lowest BCUT2D eigenvalue weighted by molar-refractivity contribution is -0.349. The van der Waals surface area contributed by atoms with Gasteiger partial charge in [-0.1, -0.05) is 11.6 Å². The number of carboxylic acids is 1. The van der Waals surface area contributed by atoms with Gasteiger partial charge >= 0.3 is 5.97 Å². The zero-order valence-corrected chi connectivity index (χ0v) is 7.28. The average molecular weight is 200 g/mol. The number of aromatic carboxylic acids is 1. The molecule has 0 aliphatic carbocycles. The third-order valence-corrected chi connectivity index (χ3v) is 1.78. The first-order chi connectivity index (χ1) is 6.02. The van der Waals surface area contributed by atoms with Crippen LogP contribution in [0.25, 0.3) is 0 Å². The van der Waals surface area contributed by atoms with Gasteiger partial charge in [0.15, 0.2) is 0 Å². The lowest BCUT2D eigenvalue weighted by Crippen LogP contribution is -1.98. The van der Waals surface area contributed by atoms with Crippen LogP contribution in [0, 0.1) is 5.21 Å². The molecular formula is C8H6ClNO3. The summed E-state index contributed by atoms with van der Waals surface area (Å²) in [6, 6.07) is 3.83. The van der Waals surface area contributed by atoms with Crippen molar-refractivity contribution in [2.45, 2.75) is 0 Å². The van der Waals surface area contributed by atoms with Gasteiger partial charge in [-0.3, -0.25) is 0 Å². The topological polar surface area (TPSA) is 63.4 Å². The molecule has 1 aromatic rings. The molecule has 0 amide bonds. The summed E-state index contributed by atoms with van der Waals surface area (Å²) in [5.41, 5.74) is 0.0467. The molecule has 0 aliphatic heterocycles. The third-order valence-electron chi connectivity index (χ3n) is 1.46. The summed E-state index contributed by atoms with van der Waals surface area (Å²) >= 11 is 5.62. The molecule has 0 bridgehead atoms. The number of benzene rings is 1. The molecule has 5 heteroatoms. The third kappa shape index (κ3) is 1.97. The number of hydrogen-bond donors (Lipinski definition) is 1. The Hall–Kier alpha value is -1.55. The number of carbonyl (C=O) groups is 1. The predicted octanol–water partition coefficient (Wildman–Crippen LogP) is 1.88. The number of hydrogen-bond acceptors (Lipinski definition) is 2. The molecule has 0 aliphatic rings. The van der Waals surface area contributed by atoms with E-state index in [1.165, 1.54) is 18.2 Å². The van der Waals surface area contributed by atoms with Crippen LogP contribution in [0.1, 0.15) is 10.4 Å². The minimum Gasteiger partial charge on any atom is -0.619 e. The number of nitrogens with zero attached hydrogens (tertiary/aromatic N) is 1. The fraction of sp³-hybridized carbons (Fsp3) is 0. The first-order valence-corrected chi connectivity index (χ1v) is 3.71. The van der Waals surface area contributed by atoms with E-state index >= 15 is 0 Å². The largest absolute Gasteiger partial charge is 0.619 e. The highest BCUT2D eigenvalue weighted by Crippen LogP contribution is 2.24. The normalized spacial score (nSPS) is 9.62. The van der Waals surface area contributed by atoms with Gasteiger partial charge in [-0.15, -0.1) is 0 Å². The van der Waals surface area contributed by atoms with Gasteiger partial charge in [-0.25, -0.2) is 4.79 Å². The molecule has 0 heterocycles. The highest BCUT2D eigenvalue weighted by atomic mass is 35.5. The van der Waals surface area contributed by atoms with Gasteiger partial charge in [0.1, 0.15) is 11.7 Å². The van der Waals surface area contributed by atoms with Crippen LogP contribution in [0.2, 0.25) is 5.02 Å². The maximum absolute atomic E-state index is 10.8. The number of halogens is 1. The lowest BCUT2D eigenvalue weighted by Gasteiger charge is -2.03. The van der Waals surface area contributed by atoms with E-state index in [9.17, 15) is 10.0 Å². The SMILES string of the molecule is C=[N+]([O-])c1cc(C(=O)O)ccc1Cl. The van der Waals surface area contributed by atoms with Crippen LogP contribution >= 0.6 is 11.6 Å². The molecule has 0 aromatic heterocycles. The Morgan fingerprint density at radius 3 is 2.69 bits per heavy atom. The molecule has 0 atom stereocenters. The van der Waals surface area contributed by atoms with E-state index in [1.807, 2.05) is 0 Å². The van der Waals surface area contributed by atoms with E-state index in [0.717, 1.165) is 0 Å². The zero-order chi connectivity index (χ0) is 10.0. The van der Waals surface area contributed by atoms with Crippen LogP contribution < -0.4 is 0 Å². The molecule has 0 unspecified atom stereocenters. The molecular weight excluding hydrogens is 194 g/mol. The average Bonchev–Trinajstić information content (AvgIpc) is 2.04. The molecule has 13 heavy (non-hydrogen) atoms. The van der Waals surface area contributed by atoms with Crippen LogP contribution in [-0.2, 0) is 0 Å². The van der Waals surface area contributed by atoms with Gasteiger partial charge < -0.3 is 10.3 Å². The molecule has 1 rings (SSSR count). The second kappa shape index (κ2) is 3.45. The fourth-order valence-corrected chi connectivity index (χ4v) is 1.05. The maximum atomic E-state index is 10.8. The van der Waals surface area contributed by atoms with Crippen molar-refractivity contribution in [3.8, 4) is 0 Å². The van der Waals surface area contributed by atoms with Crippen molar-refractivity contribution < 1.29 is 14.6 Å². The Balaban J connectivity index is 3.27. The first kappa shape index (κ1) is 9.54. The van der Waals surface area contributed by atoms with Gasteiger partial charge in [0.25, 0.3) is 0 Å². The summed E-state index contributed by atoms with van der Waals surface area (Å²) in [7, 11) is 0. The summed E-state index contributed by atoms with van der Waals surface area (Å²) in [4.78, 5) is 10.5. The molecule has 1 N–H and O–H groups in total.